The number of piperazine rings is 1. The van der Waals surface area contributed by atoms with Crippen molar-refractivity contribution in [2.24, 2.45) is 0 Å². The predicted octanol–water partition coefficient (Wildman–Crippen LogP) is 5.11. The lowest BCUT2D eigenvalue weighted by molar-refractivity contribution is -0.133. The second-order valence-electron chi connectivity index (χ2n) is 16.3. The molecule has 11 rings (SSSR count). The van der Waals surface area contributed by atoms with Gasteiger partial charge in [0.25, 0.3) is 0 Å². The number of nitrogens with one attached hydrogen (secondary N) is 2. The van der Waals surface area contributed by atoms with Crippen LogP contribution >= 0.6 is 11.8 Å². The van der Waals surface area contributed by atoms with Gasteiger partial charge in [-0.3, -0.25) is 24.7 Å². The number of carbonyl (C=O) groups is 2. The molecule has 7 aliphatic rings. The Morgan fingerprint density at radius 1 is 1.12 bits per heavy atom. The number of H-pyrrole nitrogens is 1. The smallest absolute Gasteiger partial charge is 0.308 e. The van der Waals surface area contributed by atoms with Crippen LogP contribution in [0.4, 0.5) is 0 Å². The van der Waals surface area contributed by atoms with Crippen LogP contribution in [0.15, 0.2) is 24.3 Å². The van der Waals surface area contributed by atoms with Gasteiger partial charge in [-0.2, -0.15) is 5.26 Å². The van der Waals surface area contributed by atoms with Gasteiger partial charge in [-0.25, -0.2) is 0 Å². The fourth-order valence-corrected chi connectivity index (χ4v) is 12.7. The number of methoxy groups -OCH3 is 1. The number of ether oxygens (including phenoxy) is 5. The van der Waals surface area contributed by atoms with E-state index in [1.54, 1.807) is 18.9 Å². The molecule has 7 aliphatic heterocycles. The van der Waals surface area contributed by atoms with E-state index in [4.69, 9.17) is 23.7 Å². The summed E-state index contributed by atoms with van der Waals surface area (Å²) in [6, 6.07) is 8.67. The van der Waals surface area contributed by atoms with Gasteiger partial charge < -0.3 is 33.8 Å². The zero-order chi connectivity index (χ0) is 39.7. The summed E-state index contributed by atoms with van der Waals surface area (Å²) < 4.78 is 31.0. The van der Waals surface area contributed by atoms with Crippen molar-refractivity contribution in [2.45, 2.75) is 81.5 Å². The lowest BCUT2D eigenvalue weighted by atomic mass is 9.71. The summed E-state index contributed by atoms with van der Waals surface area (Å²) in [6.07, 6.45) is 1.28. The summed E-state index contributed by atoms with van der Waals surface area (Å²) in [6.45, 7) is 7.67. The number of phenols is 1. The minimum absolute atomic E-state index is 0.0227. The van der Waals surface area contributed by atoms with Crippen molar-refractivity contribution in [3.63, 3.8) is 0 Å². The van der Waals surface area contributed by atoms with Gasteiger partial charge in [0.2, 0.25) is 6.79 Å². The molecule has 1 aromatic heterocycles. The number of hydrogen-bond donors (Lipinski definition) is 3. The first-order valence-corrected chi connectivity index (χ1v) is 20.6. The third-order valence-corrected chi connectivity index (χ3v) is 14.8. The molecule has 296 valence electrons. The number of rotatable bonds is 2. The number of hydrogen-bond acceptors (Lipinski definition) is 13. The molecule has 0 amide bonds. The Labute approximate surface area is 334 Å². The minimum Gasteiger partial charge on any atom is -0.504 e. The molecule has 3 aromatic carbocycles. The number of aryl methyl sites for hydroxylation is 2. The van der Waals surface area contributed by atoms with Crippen LogP contribution in [0.1, 0.15) is 74.5 Å². The minimum atomic E-state index is -1.16. The molecule has 13 nitrogen and oxygen atoms in total. The number of thioether (sulfide) groups is 1. The van der Waals surface area contributed by atoms with Gasteiger partial charge in [-0.15, -0.1) is 11.8 Å². The van der Waals surface area contributed by atoms with Crippen molar-refractivity contribution in [2.75, 3.05) is 46.5 Å². The van der Waals surface area contributed by atoms with E-state index in [1.165, 1.54) is 6.92 Å². The molecule has 4 bridgehead atoms. The van der Waals surface area contributed by atoms with E-state index >= 15 is 0 Å². The first-order valence-electron chi connectivity index (χ1n) is 19.5. The number of benzene rings is 3. The molecule has 2 fully saturated rings. The molecule has 0 saturated carbocycles. The van der Waals surface area contributed by atoms with Gasteiger partial charge in [0.1, 0.15) is 23.9 Å². The predicted molar refractivity (Wildman–Crippen MR) is 211 cm³/mol. The van der Waals surface area contributed by atoms with E-state index in [2.05, 4.69) is 57.4 Å². The Balaban J connectivity index is 1.26. The number of phenolic OH excluding ortho intramolecular Hbond substituents is 1. The molecule has 2 saturated heterocycles. The molecule has 14 heteroatoms. The number of ketones is 1. The third-order valence-electron chi connectivity index (χ3n) is 13.3. The van der Waals surface area contributed by atoms with E-state index in [0.717, 1.165) is 62.0 Å². The average Bonchev–Trinajstić information content (AvgIpc) is 3.81. The normalized spacial score (nSPS) is 28.9. The van der Waals surface area contributed by atoms with Crippen LogP contribution in [0.5, 0.6) is 28.7 Å². The molecule has 57 heavy (non-hydrogen) atoms. The van der Waals surface area contributed by atoms with Crippen LogP contribution < -0.4 is 24.3 Å². The van der Waals surface area contributed by atoms with Crippen LogP contribution in [0.2, 0.25) is 0 Å². The molecular formula is C43H45N5O8S. The number of esters is 1. The van der Waals surface area contributed by atoms with E-state index in [1.807, 2.05) is 20.9 Å². The van der Waals surface area contributed by atoms with Crippen LogP contribution in [0, 0.1) is 32.1 Å². The maximum absolute atomic E-state index is 14.9. The highest BCUT2D eigenvalue weighted by molar-refractivity contribution is 7.99. The molecule has 3 N–H and O–H groups in total. The highest BCUT2D eigenvalue weighted by Crippen LogP contribution is 2.64. The molecule has 0 aliphatic carbocycles. The van der Waals surface area contributed by atoms with Crippen molar-refractivity contribution in [1.82, 2.24) is 20.1 Å². The second kappa shape index (κ2) is 13.1. The maximum Gasteiger partial charge on any atom is 0.308 e. The Morgan fingerprint density at radius 2 is 1.93 bits per heavy atom. The maximum atomic E-state index is 14.9. The molecule has 1 spiro atoms. The molecule has 7 atom stereocenters. The van der Waals surface area contributed by atoms with Crippen LogP contribution in [0.3, 0.4) is 0 Å². The first kappa shape index (κ1) is 36.6. The second-order valence-corrected chi connectivity index (χ2v) is 17.4. The molecule has 8 heterocycles. The van der Waals surface area contributed by atoms with Gasteiger partial charge in [0.05, 0.1) is 37.1 Å². The molecule has 1 unspecified atom stereocenters. The monoisotopic (exact) mass is 791 g/mol. The number of nitriles is 1. The highest BCUT2D eigenvalue weighted by Gasteiger charge is 2.61. The first-order chi connectivity index (χ1) is 27.5. The van der Waals surface area contributed by atoms with Crippen LogP contribution in [0.25, 0.3) is 10.9 Å². The Kier molecular flexibility index (Phi) is 8.41. The number of Topliss-reactive ketones (excluding diaryl/α,β-unsaturated/α-hetero) is 1. The lowest BCUT2D eigenvalue weighted by Crippen LogP contribution is -2.69. The summed E-state index contributed by atoms with van der Waals surface area (Å²) in [5.41, 5.74) is 7.52. The Morgan fingerprint density at radius 3 is 2.70 bits per heavy atom. The number of aromatic nitrogens is 1. The highest BCUT2D eigenvalue weighted by atomic mass is 32.2. The van der Waals surface area contributed by atoms with Crippen LogP contribution in [-0.4, -0.2) is 96.2 Å². The quantitative estimate of drug-likeness (QED) is 0.182. The summed E-state index contributed by atoms with van der Waals surface area (Å²) in [5.74, 6) is 1.57. The molecule has 0 radical (unpaired) electrons. The van der Waals surface area contributed by atoms with Crippen LogP contribution in [-0.2, 0) is 32.7 Å². The SMILES string of the molecule is COc1c(C)cc2c(c1O)[C@@H]1C3[C@@H]4SC[C@]5(NCCc6c5[nH]c5ccc(C)cc65)C(=O)COC[C@@H](c5c6c(c(C)c(OC(C)=O)c54)OCO6)N3[C@@H](C#N)[C@H](C2)N1C. The number of aromatic amines is 1. The van der Waals surface area contributed by atoms with E-state index < -0.39 is 40.9 Å². The summed E-state index contributed by atoms with van der Waals surface area (Å²) in [7, 11) is 3.59. The number of fused-ring (bicyclic) bond motifs is 12. The molecule has 4 aromatic rings. The van der Waals surface area contributed by atoms with Gasteiger partial charge in [-0.1, -0.05) is 17.7 Å². The lowest BCUT2D eigenvalue weighted by Gasteiger charge is -2.61. The number of nitrogens with zero attached hydrogens (tertiary/aromatic N) is 3. The average molecular weight is 792 g/mol. The zero-order valence-electron chi connectivity index (χ0n) is 32.8. The van der Waals surface area contributed by atoms with Gasteiger partial charge in [0.15, 0.2) is 28.8 Å². The van der Waals surface area contributed by atoms with Crippen molar-refractivity contribution in [1.29, 1.82) is 5.26 Å². The van der Waals surface area contributed by atoms with E-state index in [9.17, 15) is 20.0 Å². The third kappa shape index (κ3) is 5.02. The van der Waals surface area contributed by atoms with E-state index in [0.29, 0.717) is 41.5 Å². The van der Waals surface area contributed by atoms with Gasteiger partial charge in [0, 0.05) is 70.2 Å². The van der Waals surface area contributed by atoms with Gasteiger partial charge >= 0.3 is 5.97 Å². The Bertz CT molecular complexity index is 2460. The largest absolute Gasteiger partial charge is 0.504 e. The number of aromatic hydroxyl groups is 1. The molecular weight excluding hydrogens is 747 g/mol. The van der Waals surface area contributed by atoms with Crippen molar-refractivity contribution >= 4 is 34.4 Å². The topological polar surface area (TPSA) is 159 Å². The standard InChI is InChI=1S/C43H45N5O8S/c1-19-7-8-26-25(11-19)24-9-10-45-43(42(24)46-26)17-57-41-33-32(40-39(54-18-55-40)21(3)38(33)56-22(4)49)29(15-53-16-30(43)50)48-28(14-44)27-13-23-12-20(2)37(52-6)36(51)31(23)34(35(41)48)47(27)5/h7-8,11-12,27-29,34-35,41,45-46,51H,9-10,13,15-18H2,1-6H3/t27-,28-,29-,34+,35?,41+,43-/m0/s1. The number of carbonyl (C=O) groups excluding carboxylic acids is 2. The zero-order valence-corrected chi connectivity index (χ0v) is 33.6. The fourth-order valence-electron chi connectivity index (χ4n) is 11.0. The van der Waals surface area contributed by atoms with Gasteiger partial charge in [-0.05, 0) is 69.5 Å². The summed E-state index contributed by atoms with van der Waals surface area (Å²) in [4.78, 5) is 36.1. The summed E-state index contributed by atoms with van der Waals surface area (Å²) in [5, 5.41) is 27.6. The summed E-state index contributed by atoms with van der Waals surface area (Å²) >= 11 is 1.59. The fraction of sp³-hybridized carbons (Fsp3) is 0.465. The number of likely N-dealkylation sites (N-methyl/N-ethyl adjacent to an activating group) is 1. The van der Waals surface area contributed by atoms with Crippen molar-refractivity contribution in [3.8, 4) is 34.8 Å². The van der Waals surface area contributed by atoms with Crippen molar-refractivity contribution in [3.05, 3.63) is 74.5 Å². The Hall–Kier alpha value is -4.78. The van der Waals surface area contributed by atoms with E-state index in [-0.39, 0.29) is 43.3 Å². The van der Waals surface area contributed by atoms with Crippen molar-refractivity contribution < 1.29 is 38.4 Å².